The second kappa shape index (κ2) is 11.5. The number of hydrogen-bond donors (Lipinski definition) is 0. The second-order valence-electron chi connectivity index (χ2n) is 5.43. The molecule has 0 aliphatic carbocycles. The topological polar surface area (TPSA) is 29.5 Å². The zero-order valence-electron chi connectivity index (χ0n) is 12.7. The molecule has 0 aliphatic heterocycles. The molecule has 0 fully saturated rings. The van der Waals surface area contributed by atoms with Crippen LogP contribution in [0.2, 0.25) is 0 Å². The number of nitrogens with zero attached hydrogens (tertiary/aromatic N) is 1. The first-order chi connectivity index (χ1) is 8.57. The molecule has 0 rings (SSSR count). The third-order valence-electron chi connectivity index (χ3n) is 3.14. The van der Waals surface area contributed by atoms with Crippen LogP contribution < -0.4 is 0 Å². The van der Waals surface area contributed by atoms with E-state index in [2.05, 4.69) is 25.9 Å². The summed E-state index contributed by atoms with van der Waals surface area (Å²) in [7, 11) is 4.12. The van der Waals surface area contributed by atoms with Crippen molar-refractivity contribution in [3.8, 4) is 0 Å². The Bertz CT molecular complexity index is 205. The summed E-state index contributed by atoms with van der Waals surface area (Å²) < 4.78 is 5.29. The molecule has 18 heavy (non-hydrogen) atoms. The summed E-state index contributed by atoms with van der Waals surface area (Å²) in [6.45, 7) is 5.82. The highest BCUT2D eigenvalue weighted by molar-refractivity contribution is 5.71. The molecule has 108 valence electrons. The monoisotopic (exact) mass is 257 g/mol. The zero-order valence-corrected chi connectivity index (χ0v) is 12.7. The SMILES string of the molecule is CCCCCCC(C)C(=O)OCCCCN(C)C. The standard InChI is InChI=1S/C15H31NO2/c1-5-6-7-8-11-14(2)15(17)18-13-10-9-12-16(3)4/h14H,5-13H2,1-4H3. The molecule has 0 aromatic rings. The molecule has 0 aliphatic rings. The molecule has 0 N–H and O–H groups in total. The van der Waals surface area contributed by atoms with Crippen molar-refractivity contribution in [3.05, 3.63) is 0 Å². The molecule has 0 amide bonds. The maximum absolute atomic E-state index is 11.7. The van der Waals surface area contributed by atoms with Crippen LogP contribution in [-0.2, 0) is 9.53 Å². The van der Waals surface area contributed by atoms with Crippen molar-refractivity contribution in [1.82, 2.24) is 4.90 Å². The zero-order chi connectivity index (χ0) is 13.8. The normalized spacial score (nSPS) is 12.7. The van der Waals surface area contributed by atoms with Crippen molar-refractivity contribution in [2.75, 3.05) is 27.2 Å². The Morgan fingerprint density at radius 1 is 1.11 bits per heavy atom. The van der Waals surface area contributed by atoms with Crippen LogP contribution in [0.5, 0.6) is 0 Å². The average molecular weight is 257 g/mol. The molecule has 0 saturated carbocycles. The maximum atomic E-state index is 11.7. The molecular formula is C15H31NO2. The summed E-state index contributed by atoms with van der Waals surface area (Å²) in [5, 5.41) is 0. The number of rotatable bonds is 11. The van der Waals surface area contributed by atoms with E-state index in [0.717, 1.165) is 32.2 Å². The lowest BCUT2D eigenvalue weighted by atomic mass is 10.0. The molecule has 0 aromatic carbocycles. The minimum Gasteiger partial charge on any atom is -0.465 e. The van der Waals surface area contributed by atoms with Gasteiger partial charge >= 0.3 is 5.97 Å². The van der Waals surface area contributed by atoms with Gasteiger partial charge in [0.15, 0.2) is 0 Å². The molecule has 0 radical (unpaired) electrons. The van der Waals surface area contributed by atoms with Crippen LogP contribution >= 0.6 is 0 Å². The molecule has 0 heterocycles. The summed E-state index contributed by atoms with van der Waals surface area (Å²) in [5.41, 5.74) is 0. The number of unbranched alkanes of at least 4 members (excludes halogenated alkanes) is 4. The molecule has 0 saturated heterocycles. The molecule has 1 atom stereocenters. The summed E-state index contributed by atoms with van der Waals surface area (Å²) in [6.07, 6.45) is 7.91. The lowest BCUT2D eigenvalue weighted by Gasteiger charge is -2.12. The van der Waals surface area contributed by atoms with Crippen molar-refractivity contribution >= 4 is 5.97 Å². The Morgan fingerprint density at radius 2 is 1.83 bits per heavy atom. The first-order valence-electron chi connectivity index (χ1n) is 7.39. The minimum atomic E-state index is -0.0173. The number of carbonyl (C=O) groups excluding carboxylic acids is 1. The summed E-state index contributed by atoms with van der Waals surface area (Å²) in [5.74, 6) is 0.0482. The Kier molecular flexibility index (Phi) is 11.2. The Hall–Kier alpha value is -0.570. The van der Waals surface area contributed by atoms with Crippen LogP contribution in [0, 0.1) is 5.92 Å². The molecule has 3 heteroatoms. The van der Waals surface area contributed by atoms with E-state index in [1.807, 2.05) is 6.92 Å². The number of hydrogen-bond acceptors (Lipinski definition) is 3. The molecular weight excluding hydrogens is 226 g/mol. The Balaban J connectivity index is 3.44. The van der Waals surface area contributed by atoms with Gasteiger partial charge in [-0.2, -0.15) is 0 Å². The van der Waals surface area contributed by atoms with Gasteiger partial charge in [-0.3, -0.25) is 4.79 Å². The molecule has 0 bridgehead atoms. The quantitative estimate of drug-likeness (QED) is 0.419. The van der Waals surface area contributed by atoms with Gasteiger partial charge in [0.25, 0.3) is 0 Å². The third kappa shape index (κ3) is 10.6. The first-order valence-corrected chi connectivity index (χ1v) is 7.39. The lowest BCUT2D eigenvalue weighted by Crippen LogP contribution is -2.17. The third-order valence-corrected chi connectivity index (χ3v) is 3.14. The van der Waals surface area contributed by atoms with Gasteiger partial charge in [-0.25, -0.2) is 0 Å². The van der Waals surface area contributed by atoms with Gasteiger partial charge in [0.1, 0.15) is 0 Å². The van der Waals surface area contributed by atoms with E-state index in [1.54, 1.807) is 0 Å². The lowest BCUT2D eigenvalue weighted by molar-refractivity contribution is -0.148. The van der Waals surface area contributed by atoms with Gasteiger partial charge in [0.2, 0.25) is 0 Å². The van der Waals surface area contributed by atoms with Crippen LogP contribution in [0.1, 0.15) is 58.8 Å². The highest BCUT2D eigenvalue weighted by Crippen LogP contribution is 2.12. The fraction of sp³-hybridized carbons (Fsp3) is 0.933. The van der Waals surface area contributed by atoms with Crippen molar-refractivity contribution in [3.63, 3.8) is 0 Å². The van der Waals surface area contributed by atoms with Crippen LogP contribution in [0.3, 0.4) is 0 Å². The maximum Gasteiger partial charge on any atom is 0.308 e. The van der Waals surface area contributed by atoms with Crippen molar-refractivity contribution in [2.24, 2.45) is 5.92 Å². The van der Waals surface area contributed by atoms with Crippen LogP contribution in [0.15, 0.2) is 0 Å². The highest BCUT2D eigenvalue weighted by atomic mass is 16.5. The van der Waals surface area contributed by atoms with Crippen LogP contribution in [-0.4, -0.2) is 38.1 Å². The average Bonchev–Trinajstić information content (AvgIpc) is 2.33. The number of carbonyl (C=O) groups is 1. The molecule has 0 spiro atoms. The number of ether oxygens (including phenoxy) is 1. The van der Waals surface area contributed by atoms with Crippen LogP contribution in [0.4, 0.5) is 0 Å². The van der Waals surface area contributed by atoms with Gasteiger partial charge in [-0.05, 0) is 39.9 Å². The van der Waals surface area contributed by atoms with E-state index in [-0.39, 0.29) is 11.9 Å². The fourth-order valence-corrected chi connectivity index (χ4v) is 1.84. The smallest absolute Gasteiger partial charge is 0.308 e. The summed E-state index contributed by atoms with van der Waals surface area (Å²) >= 11 is 0. The van der Waals surface area contributed by atoms with Crippen LogP contribution in [0.25, 0.3) is 0 Å². The van der Waals surface area contributed by atoms with Crippen molar-refractivity contribution < 1.29 is 9.53 Å². The largest absolute Gasteiger partial charge is 0.465 e. The van der Waals surface area contributed by atoms with E-state index >= 15 is 0 Å². The first kappa shape index (κ1) is 17.4. The van der Waals surface area contributed by atoms with E-state index < -0.39 is 0 Å². The van der Waals surface area contributed by atoms with Gasteiger partial charge in [-0.15, -0.1) is 0 Å². The van der Waals surface area contributed by atoms with E-state index in [1.165, 1.54) is 19.3 Å². The van der Waals surface area contributed by atoms with Crippen molar-refractivity contribution in [2.45, 2.75) is 58.8 Å². The highest BCUT2D eigenvalue weighted by Gasteiger charge is 2.13. The minimum absolute atomic E-state index is 0.0173. The van der Waals surface area contributed by atoms with E-state index in [4.69, 9.17) is 4.74 Å². The van der Waals surface area contributed by atoms with E-state index in [9.17, 15) is 4.79 Å². The summed E-state index contributed by atoms with van der Waals surface area (Å²) in [6, 6.07) is 0. The predicted octanol–water partition coefficient (Wildman–Crippen LogP) is 3.48. The van der Waals surface area contributed by atoms with Gasteiger partial charge in [-0.1, -0.05) is 39.5 Å². The Morgan fingerprint density at radius 3 is 2.44 bits per heavy atom. The second-order valence-corrected chi connectivity index (χ2v) is 5.43. The number of esters is 1. The molecule has 3 nitrogen and oxygen atoms in total. The van der Waals surface area contributed by atoms with Gasteiger partial charge < -0.3 is 9.64 Å². The van der Waals surface area contributed by atoms with Crippen molar-refractivity contribution in [1.29, 1.82) is 0 Å². The molecule has 0 aromatic heterocycles. The molecule has 1 unspecified atom stereocenters. The van der Waals surface area contributed by atoms with Gasteiger partial charge in [0, 0.05) is 0 Å². The summed E-state index contributed by atoms with van der Waals surface area (Å²) in [4.78, 5) is 13.8. The fourth-order valence-electron chi connectivity index (χ4n) is 1.84. The predicted molar refractivity (Wildman–Crippen MR) is 76.7 cm³/mol. The van der Waals surface area contributed by atoms with Gasteiger partial charge in [0.05, 0.1) is 12.5 Å². The van der Waals surface area contributed by atoms with E-state index in [0.29, 0.717) is 6.61 Å². The Labute approximate surface area is 113 Å².